The molecular weight excluding hydrogens is 158 g/mol. The first kappa shape index (κ1) is 9.20. The Bertz CT molecular complexity index is 135. The van der Waals surface area contributed by atoms with Crippen LogP contribution in [-0.2, 0) is 10.8 Å². The van der Waals surface area contributed by atoms with Gasteiger partial charge in [0, 0.05) is 34.4 Å². The smallest absolute Gasteiger partial charge is 0.0389 e. The first-order chi connectivity index (χ1) is 5.26. The molecule has 1 fully saturated rings. The van der Waals surface area contributed by atoms with Gasteiger partial charge in [0.2, 0.25) is 0 Å². The molecule has 0 radical (unpaired) electrons. The zero-order valence-electron chi connectivity index (χ0n) is 7.30. The second-order valence-electron chi connectivity index (χ2n) is 3.15. The molecule has 0 amide bonds. The molecule has 1 saturated heterocycles. The molecule has 0 aliphatic carbocycles. The Morgan fingerprint density at radius 2 is 1.73 bits per heavy atom. The lowest BCUT2D eigenvalue weighted by molar-refractivity contribution is 0.437. The molecule has 0 aromatic rings. The Kier molecular flexibility index (Phi) is 3.52. The van der Waals surface area contributed by atoms with E-state index in [0.29, 0.717) is 12.1 Å². The first-order valence-electron chi connectivity index (χ1n) is 4.37. The molecule has 3 heteroatoms. The van der Waals surface area contributed by atoms with Crippen molar-refractivity contribution in [2.75, 3.05) is 11.5 Å². The van der Waals surface area contributed by atoms with Crippen molar-refractivity contribution in [1.29, 1.82) is 0 Å². The minimum Gasteiger partial charge on any atom is -0.309 e. The van der Waals surface area contributed by atoms with E-state index in [2.05, 4.69) is 19.2 Å². The zero-order chi connectivity index (χ0) is 8.27. The molecule has 0 spiro atoms. The van der Waals surface area contributed by atoms with E-state index in [4.69, 9.17) is 0 Å². The van der Waals surface area contributed by atoms with Gasteiger partial charge in [-0.3, -0.25) is 4.21 Å². The van der Waals surface area contributed by atoms with Crippen LogP contribution in [-0.4, -0.2) is 27.8 Å². The van der Waals surface area contributed by atoms with E-state index in [0.717, 1.165) is 24.3 Å². The second kappa shape index (κ2) is 4.21. The summed E-state index contributed by atoms with van der Waals surface area (Å²) in [5, 5.41) is 3.49. The largest absolute Gasteiger partial charge is 0.309 e. The lowest BCUT2D eigenvalue weighted by atomic mass is 10.2. The van der Waals surface area contributed by atoms with Gasteiger partial charge in [0.25, 0.3) is 0 Å². The molecular formula is C8H17NOS. The molecule has 0 bridgehead atoms. The van der Waals surface area contributed by atoms with Crippen LogP contribution in [0.4, 0.5) is 0 Å². The van der Waals surface area contributed by atoms with Crippen molar-refractivity contribution in [2.45, 2.75) is 38.8 Å². The molecule has 66 valence electrons. The van der Waals surface area contributed by atoms with Crippen LogP contribution < -0.4 is 5.32 Å². The van der Waals surface area contributed by atoms with Gasteiger partial charge in [-0.2, -0.15) is 0 Å². The summed E-state index contributed by atoms with van der Waals surface area (Å²) >= 11 is 0. The van der Waals surface area contributed by atoms with Gasteiger partial charge >= 0.3 is 0 Å². The van der Waals surface area contributed by atoms with Crippen molar-refractivity contribution in [3.05, 3.63) is 0 Å². The Morgan fingerprint density at radius 3 is 2.09 bits per heavy atom. The van der Waals surface area contributed by atoms with Gasteiger partial charge < -0.3 is 5.32 Å². The predicted molar refractivity (Wildman–Crippen MR) is 49.2 cm³/mol. The predicted octanol–water partition coefficient (Wildman–Crippen LogP) is 0.895. The van der Waals surface area contributed by atoms with E-state index >= 15 is 0 Å². The maximum Gasteiger partial charge on any atom is 0.0389 e. The molecule has 0 aromatic heterocycles. The van der Waals surface area contributed by atoms with E-state index in [1.165, 1.54) is 0 Å². The Hall–Kier alpha value is 0.110. The van der Waals surface area contributed by atoms with E-state index in [1.807, 2.05) is 0 Å². The van der Waals surface area contributed by atoms with Gasteiger partial charge in [-0.25, -0.2) is 0 Å². The van der Waals surface area contributed by atoms with Crippen molar-refractivity contribution in [3.8, 4) is 0 Å². The summed E-state index contributed by atoms with van der Waals surface area (Å²) in [4.78, 5) is 0. The van der Waals surface area contributed by atoms with Gasteiger partial charge in [0.1, 0.15) is 0 Å². The van der Waals surface area contributed by atoms with E-state index in [9.17, 15) is 4.21 Å². The van der Waals surface area contributed by atoms with Gasteiger partial charge in [0.05, 0.1) is 0 Å². The molecule has 1 rings (SSSR count). The minimum atomic E-state index is -0.563. The molecule has 2 unspecified atom stereocenters. The molecule has 11 heavy (non-hydrogen) atoms. The van der Waals surface area contributed by atoms with Gasteiger partial charge in [-0.1, -0.05) is 13.8 Å². The Labute approximate surface area is 71.2 Å². The summed E-state index contributed by atoms with van der Waals surface area (Å²) in [6, 6.07) is 0.990. The molecule has 2 atom stereocenters. The van der Waals surface area contributed by atoms with Crippen molar-refractivity contribution < 1.29 is 4.21 Å². The molecule has 1 aliphatic rings. The highest BCUT2D eigenvalue weighted by molar-refractivity contribution is 7.85. The van der Waals surface area contributed by atoms with Crippen LogP contribution in [0.1, 0.15) is 26.7 Å². The fourth-order valence-electron chi connectivity index (χ4n) is 1.42. The van der Waals surface area contributed by atoms with Crippen LogP contribution in [0.2, 0.25) is 0 Å². The van der Waals surface area contributed by atoms with Gasteiger partial charge in [0.15, 0.2) is 0 Å². The standard InChI is InChI=1S/C8H17NOS/c1-3-7-5-11(10)6-8(4-2)9-7/h7-9H,3-6H2,1-2H3. The first-order valence-corrected chi connectivity index (χ1v) is 5.86. The average Bonchev–Trinajstić information content (AvgIpc) is 2.03. The van der Waals surface area contributed by atoms with E-state index in [1.54, 1.807) is 0 Å². The van der Waals surface area contributed by atoms with Crippen LogP contribution in [0.25, 0.3) is 0 Å². The highest BCUT2D eigenvalue weighted by Gasteiger charge is 2.22. The third kappa shape index (κ3) is 2.56. The third-order valence-corrected chi connectivity index (χ3v) is 3.78. The molecule has 2 nitrogen and oxygen atoms in total. The molecule has 1 aliphatic heterocycles. The normalized spacial score (nSPS) is 38.9. The quantitative estimate of drug-likeness (QED) is 0.675. The summed E-state index contributed by atoms with van der Waals surface area (Å²) in [6.07, 6.45) is 2.20. The molecule has 1 N–H and O–H groups in total. The van der Waals surface area contributed by atoms with Gasteiger partial charge in [-0.05, 0) is 12.8 Å². The van der Waals surface area contributed by atoms with Crippen LogP contribution >= 0.6 is 0 Å². The van der Waals surface area contributed by atoms with Crippen molar-refractivity contribution >= 4 is 10.8 Å². The lowest BCUT2D eigenvalue weighted by Crippen LogP contribution is -2.49. The van der Waals surface area contributed by atoms with Crippen LogP contribution in [0.15, 0.2) is 0 Å². The number of rotatable bonds is 2. The fourth-order valence-corrected chi connectivity index (χ4v) is 3.12. The topological polar surface area (TPSA) is 29.1 Å². The Balaban J connectivity index is 2.43. The number of nitrogens with one attached hydrogen (secondary N) is 1. The molecule has 1 heterocycles. The summed E-state index contributed by atoms with van der Waals surface area (Å²) in [7, 11) is -0.563. The minimum absolute atomic E-state index is 0.495. The van der Waals surface area contributed by atoms with Crippen molar-refractivity contribution in [1.82, 2.24) is 5.32 Å². The molecule has 0 saturated carbocycles. The maximum absolute atomic E-state index is 11.3. The summed E-state index contributed by atoms with van der Waals surface area (Å²) < 4.78 is 11.3. The maximum atomic E-state index is 11.3. The summed E-state index contributed by atoms with van der Waals surface area (Å²) in [5.41, 5.74) is 0. The van der Waals surface area contributed by atoms with Crippen LogP contribution in [0, 0.1) is 0 Å². The zero-order valence-corrected chi connectivity index (χ0v) is 8.12. The van der Waals surface area contributed by atoms with Crippen LogP contribution in [0.3, 0.4) is 0 Å². The highest BCUT2D eigenvalue weighted by Crippen LogP contribution is 2.07. The summed E-state index contributed by atoms with van der Waals surface area (Å²) in [5.74, 6) is 1.71. The van der Waals surface area contributed by atoms with E-state index < -0.39 is 10.8 Å². The Morgan fingerprint density at radius 1 is 1.27 bits per heavy atom. The van der Waals surface area contributed by atoms with Crippen molar-refractivity contribution in [3.63, 3.8) is 0 Å². The fraction of sp³-hybridized carbons (Fsp3) is 1.00. The van der Waals surface area contributed by atoms with E-state index in [-0.39, 0.29) is 0 Å². The third-order valence-electron chi connectivity index (χ3n) is 2.23. The summed E-state index contributed by atoms with van der Waals surface area (Å²) in [6.45, 7) is 4.29. The monoisotopic (exact) mass is 175 g/mol. The van der Waals surface area contributed by atoms with Crippen molar-refractivity contribution in [2.24, 2.45) is 0 Å². The second-order valence-corrected chi connectivity index (χ2v) is 4.70. The molecule has 0 aromatic carbocycles. The SMILES string of the molecule is CCC1CS(=O)CC(CC)N1. The lowest BCUT2D eigenvalue weighted by Gasteiger charge is -2.29. The highest BCUT2D eigenvalue weighted by atomic mass is 32.2. The number of hydrogen-bond donors (Lipinski definition) is 1. The van der Waals surface area contributed by atoms with Gasteiger partial charge in [-0.15, -0.1) is 0 Å². The average molecular weight is 175 g/mol. The van der Waals surface area contributed by atoms with Crippen LogP contribution in [0.5, 0.6) is 0 Å². The number of hydrogen-bond acceptors (Lipinski definition) is 2.